The lowest BCUT2D eigenvalue weighted by Gasteiger charge is -2.31. The summed E-state index contributed by atoms with van der Waals surface area (Å²) in [5.41, 5.74) is 7.51. The lowest BCUT2D eigenvalue weighted by Crippen LogP contribution is -2.37. The monoisotopic (exact) mass is 377 g/mol. The van der Waals surface area contributed by atoms with Gasteiger partial charge in [0.15, 0.2) is 0 Å². The fourth-order valence-electron chi connectivity index (χ4n) is 4.04. The topological polar surface area (TPSA) is 60.5 Å². The first-order valence-corrected chi connectivity index (χ1v) is 10.00. The molecule has 0 unspecified atom stereocenters. The van der Waals surface area contributed by atoms with Crippen molar-refractivity contribution in [2.45, 2.75) is 19.3 Å². The predicted molar refractivity (Wildman–Crippen MR) is 112 cm³/mol. The summed E-state index contributed by atoms with van der Waals surface area (Å²) in [6.45, 7) is 3.86. The Morgan fingerprint density at radius 3 is 2.50 bits per heavy atom. The molecule has 5 heteroatoms. The van der Waals surface area contributed by atoms with Crippen molar-refractivity contribution in [1.82, 2.24) is 9.47 Å². The van der Waals surface area contributed by atoms with Gasteiger partial charge in [0.05, 0.1) is 12.1 Å². The van der Waals surface area contributed by atoms with E-state index in [1.165, 1.54) is 0 Å². The molecular weight excluding hydrogens is 350 g/mol. The van der Waals surface area contributed by atoms with E-state index in [0.29, 0.717) is 5.92 Å². The fraction of sp³-hybridized carbons (Fsp3) is 0.348. The number of nitrogens with two attached hydrogens (primary N) is 1. The number of hydrogen-bond donors (Lipinski definition) is 1. The molecule has 0 radical (unpaired) electrons. The van der Waals surface area contributed by atoms with Gasteiger partial charge in [0.2, 0.25) is 0 Å². The molecule has 2 N–H and O–H groups in total. The zero-order valence-corrected chi connectivity index (χ0v) is 16.1. The van der Waals surface area contributed by atoms with Crippen molar-refractivity contribution in [2.75, 3.05) is 26.2 Å². The first-order chi connectivity index (χ1) is 13.7. The number of fused-ring (bicyclic) bond motifs is 1. The largest absolute Gasteiger partial charge is 0.493 e. The van der Waals surface area contributed by atoms with E-state index in [1.807, 2.05) is 54.6 Å². The third kappa shape index (κ3) is 4.20. The minimum Gasteiger partial charge on any atom is -0.493 e. The lowest BCUT2D eigenvalue weighted by molar-refractivity contribution is 0.142. The van der Waals surface area contributed by atoms with Gasteiger partial charge in [-0.25, -0.2) is 4.79 Å². The molecule has 0 saturated carbocycles. The van der Waals surface area contributed by atoms with Gasteiger partial charge in [-0.05, 0) is 56.1 Å². The van der Waals surface area contributed by atoms with Crippen LogP contribution < -0.4 is 10.5 Å². The number of carbonyl (C=O) groups excluding carboxylic acids is 1. The number of primary amides is 1. The third-order valence-electron chi connectivity index (χ3n) is 5.63. The number of hydrogen-bond acceptors (Lipinski definition) is 3. The van der Waals surface area contributed by atoms with E-state index in [0.717, 1.165) is 67.8 Å². The quantitative estimate of drug-likeness (QED) is 0.709. The first-order valence-electron chi connectivity index (χ1n) is 10.00. The van der Waals surface area contributed by atoms with Crippen molar-refractivity contribution >= 4 is 16.9 Å². The van der Waals surface area contributed by atoms with Crippen molar-refractivity contribution in [1.29, 1.82) is 0 Å². The molecule has 0 bridgehead atoms. The molecule has 1 aromatic heterocycles. The van der Waals surface area contributed by atoms with Crippen molar-refractivity contribution in [3.63, 3.8) is 0 Å². The highest BCUT2D eigenvalue weighted by Gasteiger charge is 2.20. The van der Waals surface area contributed by atoms with Crippen LogP contribution in [-0.4, -0.2) is 41.7 Å². The Labute approximate surface area is 165 Å². The number of benzene rings is 2. The molecule has 4 rings (SSSR count). The van der Waals surface area contributed by atoms with Gasteiger partial charge in [-0.15, -0.1) is 0 Å². The van der Waals surface area contributed by atoms with Gasteiger partial charge < -0.3 is 15.4 Å². The van der Waals surface area contributed by atoms with Crippen molar-refractivity contribution in [3.05, 3.63) is 66.4 Å². The Balaban J connectivity index is 1.29. The number of para-hydroxylation sites is 2. The summed E-state index contributed by atoms with van der Waals surface area (Å²) in [7, 11) is 0. The van der Waals surface area contributed by atoms with Crippen LogP contribution in [-0.2, 0) is 6.42 Å². The van der Waals surface area contributed by atoms with E-state index < -0.39 is 6.03 Å². The maximum absolute atomic E-state index is 11.9. The number of ether oxygens (including phenoxy) is 1. The van der Waals surface area contributed by atoms with Gasteiger partial charge in [0, 0.05) is 24.0 Å². The van der Waals surface area contributed by atoms with Gasteiger partial charge in [0.25, 0.3) is 0 Å². The zero-order chi connectivity index (χ0) is 19.3. The van der Waals surface area contributed by atoms with E-state index >= 15 is 0 Å². The zero-order valence-electron chi connectivity index (χ0n) is 16.1. The van der Waals surface area contributed by atoms with Crippen LogP contribution in [0.15, 0.2) is 60.7 Å². The summed E-state index contributed by atoms with van der Waals surface area (Å²) in [6, 6.07) is 19.6. The van der Waals surface area contributed by atoms with Crippen molar-refractivity contribution < 1.29 is 9.53 Å². The van der Waals surface area contributed by atoms with E-state index in [1.54, 1.807) is 4.57 Å². The molecule has 28 heavy (non-hydrogen) atoms. The Bertz CT molecular complexity index is 927. The number of amides is 1. The molecule has 1 fully saturated rings. The summed E-state index contributed by atoms with van der Waals surface area (Å²) in [4.78, 5) is 14.4. The van der Waals surface area contributed by atoms with Crippen molar-refractivity contribution in [3.8, 4) is 5.75 Å². The van der Waals surface area contributed by atoms with Crippen LogP contribution in [0.3, 0.4) is 0 Å². The Morgan fingerprint density at radius 1 is 1.04 bits per heavy atom. The molecule has 0 aliphatic carbocycles. The Hall–Kier alpha value is -2.79. The molecule has 1 saturated heterocycles. The summed E-state index contributed by atoms with van der Waals surface area (Å²) in [6.07, 6.45) is 3.11. The minimum absolute atomic E-state index is 0.409. The number of piperidine rings is 1. The molecule has 1 aliphatic heterocycles. The van der Waals surface area contributed by atoms with Crippen LogP contribution in [0.25, 0.3) is 10.9 Å². The summed E-state index contributed by atoms with van der Waals surface area (Å²) >= 11 is 0. The molecule has 146 valence electrons. The molecule has 5 nitrogen and oxygen atoms in total. The summed E-state index contributed by atoms with van der Waals surface area (Å²) in [5, 5.41) is 1.06. The van der Waals surface area contributed by atoms with Gasteiger partial charge in [-0.3, -0.25) is 4.57 Å². The number of aromatic nitrogens is 1. The van der Waals surface area contributed by atoms with Crippen LogP contribution in [0.2, 0.25) is 0 Å². The second-order valence-electron chi connectivity index (χ2n) is 7.53. The normalized spacial score (nSPS) is 15.7. The van der Waals surface area contributed by atoms with E-state index in [2.05, 4.69) is 11.0 Å². The standard InChI is InChI=1S/C23H27N3O2/c24-23(27)26-20(16-19-6-4-5-9-22(19)26)12-15-25-13-10-18(11-14-25)17-28-21-7-2-1-3-8-21/h1-9,16,18H,10-15,17H2,(H2,24,27). The van der Waals surface area contributed by atoms with Gasteiger partial charge in [0.1, 0.15) is 5.75 Å². The third-order valence-corrected chi connectivity index (χ3v) is 5.63. The molecule has 2 heterocycles. The van der Waals surface area contributed by atoms with Crippen LogP contribution in [0.5, 0.6) is 5.75 Å². The smallest absolute Gasteiger partial charge is 0.323 e. The highest BCUT2D eigenvalue weighted by Crippen LogP contribution is 2.22. The maximum Gasteiger partial charge on any atom is 0.323 e. The second kappa shape index (κ2) is 8.48. The van der Waals surface area contributed by atoms with Crippen LogP contribution in [0, 0.1) is 5.92 Å². The summed E-state index contributed by atoms with van der Waals surface area (Å²) < 4.78 is 7.56. The average Bonchev–Trinajstić information content (AvgIpc) is 3.11. The maximum atomic E-state index is 11.9. The van der Waals surface area contributed by atoms with E-state index in [-0.39, 0.29) is 0 Å². The number of carbonyl (C=O) groups is 1. The number of likely N-dealkylation sites (tertiary alicyclic amines) is 1. The number of nitrogens with zero attached hydrogens (tertiary/aromatic N) is 2. The van der Waals surface area contributed by atoms with Gasteiger partial charge in [-0.2, -0.15) is 0 Å². The van der Waals surface area contributed by atoms with Gasteiger partial charge in [-0.1, -0.05) is 36.4 Å². The molecule has 3 aromatic rings. The highest BCUT2D eigenvalue weighted by atomic mass is 16.5. The Morgan fingerprint density at radius 2 is 1.75 bits per heavy atom. The first kappa shape index (κ1) is 18.6. The van der Waals surface area contributed by atoms with E-state index in [4.69, 9.17) is 10.5 Å². The van der Waals surface area contributed by atoms with Gasteiger partial charge >= 0.3 is 6.03 Å². The molecular formula is C23H27N3O2. The SMILES string of the molecule is NC(=O)n1c(CCN2CCC(COc3ccccc3)CC2)cc2ccccc21. The second-order valence-corrected chi connectivity index (χ2v) is 7.53. The molecule has 0 atom stereocenters. The highest BCUT2D eigenvalue weighted by molar-refractivity contribution is 5.92. The van der Waals surface area contributed by atoms with Crippen LogP contribution in [0.4, 0.5) is 4.79 Å². The van der Waals surface area contributed by atoms with Crippen LogP contribution >= 0.6 is 0 Å². The molecule has 0 spiro atoms. The Kier molecular flexibility index (Phi) is 5.63. The number of rotatable bonds is 6. The fourth-order valence-corrected chi connectivity index (χ4v) is 4.04. The molecule has 2 aromatic carbocycles. The van der Waals surface area contributed by atoms with Crippen LogP contribution in [0.1, 0.15) is 18.5 Å². The molecule has 1 amide bonds. The predicted octanol–water partition coefficient (Wildman–Crippen LogP) is 3.90. The lowest BCUT2D eigenvalue weighted by atomic mass is 9.97. The minimum atomic E-state index is -0.409. The molecule has 1 aliphatic rings. The van der Waals surface area contributed by atoms with E-state index in [9.17, 15) is 4.79 Å². The summed E-state index contributed by atoms with van der Waals surface area (Å²) in [5.74, 6) is 1.55. The van der Waals surface area contributed by atoms with Crippen molar-refractivity contribution in [2.24, 2.45) is 11.7 Å². The average molecular weight is 377 g/mol.